The third-order valence-electron chi connectivity index (χ3n) is 4.21. The number of fused-ring (bicyclic) bond motifs is 2. The normalized spacial score (nSPS) is 30.4. The minimum Gasteiger partial charge on any atom is -0.481 e. The van der Waals surface area contributed by atoms with Crippen molar-refractivity contribution in [2.45, 2.75) is 13.3 Å². The van der Waals surface area contributed by atoms with Gasteiger partial charge in [-0.05, 0) is 36.8 Å². The van der Waals surface area contributed by atoms with Crippen LogP contribution in [0.1, 0.15) is 12.0 Å². The summed E-state index contributed by atoms with van der Waals surface area (Å²) in [5.74, 6) is -1.76. The lowest BCUT2D eigenvalue weighted by atomic mass is 9.82. The Morgan fingerprint density at radius 2 is 1.95 bits per heavy atom. The molecule has 0 spiro atoms. The van der Waals surface area contributed by atoms with Gasteiger partial charge in [-0.1, -0.05) is 18.2 Å². The lowest BCUT2D eigenvalue weighted by Crippen LogP contribution is -2.36. The molecule has 2 bridgehead atoms. The summed E-state index contributed by atoms with van der Waals surface area (Å²) in [4.78, 5) is 27.9. The van der Waals surface area contributed by atoms with Crippen LogP contribution in [0.25, 0.3) is 0 Å². The monoisotopic (exact) mass is 272 g/mol. The molecular weight excluding hydrogens is 256 g/mol. The molecule has 3 rings (SSSR count). The highest BCUT2D eigenvalue weighted by molar-refractivity contribution is 5.95. The van der Waals surface area contributed by atoms with Crippen LogP contribution >= 0.6 is 0 Å². The number of pyridine rings is 1. The van der Waals surface area contributed by atoms with E-state index in [9.17, 15) is 14.7 Å². The maximum absolute atomic E-state index is 12.4. The topological polar surface area (TPSA) is 79.3 Å². The number of anilines is 1. The van der Waals surface area contributed by atoms with E-state index in [-0.39, 0.29) is 17.7 Å². The number of carbonyl (C=O) groups is 2. The van der Waals surface area contributed by atoms with E-state index in [4.69, 9.17) is 0 Å². The number of nitrogens with one attached hydrogen (secondary N) is 1. The average Bonchev–Trinajstić information content (AvgIpc) is 3.01. The fraction of sp³-hybridized carbons (Fsp3) is 0.400. The van der Waals surface area contributed by atoms with E-state index in [0.717, 1.165) is 12.0 Å². The van der Waals surface area contributed by atoms with Crippen molar-refractivity contribution in [2.75, 3.05) is 5.32 Å². The first-order valence-corrected chi connectivity index (χ1v) is 6.71. The number of carboxylic acid groups (broad SMARTS) is 1. The van der Waals surface area contributed by atoms with Crippen LogP contribution in [0, 0.1) is 30.6 Å². The highest BCUT2D eigenvalue weighted by Gasteiger charge is 2.51. The van der Waals surface area contributed by atoms with Gasteiger partial charge in [0.2, 0.25) is 5.91 Å². The summed E-state index contributed by atoms with van der Waals surface area (Å²) in [7, 11) is 0. The van der Waals surface area contributed by atoms with Gasteiger partial charge in [0.15, 0.2) is 0 Å². The Hall–Kier alpha value is -2.17. The lowest BCUT2D eigenvalue weighted by molar-refractivity contribution is -0.146. The summed E-state index contributed by atoms with van der Waals surface area (Å²) in [5, 5.41) is 12.1. The summed E-state index contributed by atoms with van der Waals surface area (Å²) < 4.78 is 0. The zero-order chi connectivity index (χ0) is 14.3. The van der Waals surface area contributed by atoms with Crippen LogP contribution in [-0.2, 0) is 9.59 Å². The first-order chi connectivity index (χ1) is 9.56. The van der Waals surface area contributed by atoms with Gasteiger partial charge < -0.3 is 10.4 Å². The van der Waals surface area contributed by atoms with Gasteiger partial charge in [-0.3, -0.25) is 9.59 Å². The smallest absolute Gasteiger partial charge is 0.307 e. The molecule has 2 aliphatic carbocycles. The van der Waals surface area contributed by atoms with Gasteiger partial charge in [0, 0.05) is 6.20 Å². The van der Waals surface area contributed by atoms with E-state index in [1.54, 1.807) is 12.3 Å². The SMILES string of the molecule is Cc1ccc(NC(=O)[C@@H]2[C@H](C(=O)O)[C@H]3C=C[C@H]2C3)nc1. The quantitative estimate of drug-likeness (QED) is 0.823. The van der Waals surface area contributed by atoms with E-state index in [0.29, 0.717) is 5.82 Å². The zero-order valence-corrected chi connectivity index (χ0v) is 11.1. The van der Waals surface area contributed by atoms with E-state index in [1.807, 2.05) is 25.1 Å². The van der Waals surface area contributed by atoms with Crippen LogP contribution in [0.4, 0.5) is 5.82 Å². The molecule has 1 heterocycles. The Morgan fingerprint density at radius 3 is 2.55 bits per heavy atom. The number of aliphatic carboxylic acids is 1. The molecule has 5 heteroatoms. The van der Waals surface area contributed by atoms with Crippen molar-refractivity contribution in [3.63, 3.8) is 0 Å². The third-order valence-corrected chi connectivity index (χ3v) is 4.21. The number of aryl methyl sites for hydroxylation is 1. The number of aromatic nitrogens is 1. The standard InChI is InChI=1S/C15H16N2O3/c1-8-2-5-11(16-7-8)17-14(18)12-9-3-4-10(6-9)13(12)15(19)20/h2-5,7,9-10,12-13H,6H2,1H3,(H,19,20)(H,16,17,18)/t9-,10-,12-,13+/m0/s1. The Labute approximate surface area is 116 Å². The molecular formula is C15H16N2O3. The second kappa shape index (κ2) is 4.74. The molecule has 2 N–H and O–H groups in total. The van der Waals surface area contributed by atoms with Crippen molar-refractivity contribution < 1.29 is 14.7 Å². The Kier molecular flexibility index (Phi) is 3.04. The van der Waals surface area contributed by atoms with E-state index < -0.39 is 17.8 Å². The van der Waals surface area contributed by atoms with Crippen LogP contribution < -0.4 is 5.32 Å². The van der Waals surface area contributed by atoms with Crippen molar-refractivity contribution in [1.29, 1.82) is 0 Å². The molecule has 5 nitrogen and oxygen atoms in total. The van der Waals surface area contributed by atoms with Gasteiger partial charge in [0.05, 0.1) is 11.8 Å². The lowest BCUT2D eigenvalue weighted by Gasteiger charge is -2.23. The van der Waals surface area contributed by atoms with Crippen LogP contribution in [0.5, 0.6) is 0 Å². The van der Waals surface area contributed by atoms with Crippen LogP contribution in [-0.4, -0.2) is 22.0 Å². The maximum atomic E-state index is 12.4. The molecule has 0 saturated heterocycles. The molecule has 0 aromatic carbocycles. The molecule has 104 valence electrons. The summed E-state index contributed by atoms with van der Waals surface area (Å²) >= 11 is 0. The highest BCUT2D eigenvalue weighted by Crippen LogP contribution is 2.48. The van der Waals surface area contributed by atoms with Gasteiger partial charge in [-0.15, -0.1) is 0 Å². The molecule has 0 unspecified atom stereocenters. The summed E-state index contributed by atoms with van der Waals surface area (Å²) in [6.07, 6.45) is 6.33. The van der Waals surface area contributed by atoms with Gasteiger partial charge in [-0.25, -0.2) is 4.98 Å². The van der Waals surface area contributed by atoms with Crippen molar-refractivity contribution in [3.8, 4) is 0 Å². The van der Waals surface area contributed by atoms with Gasteiger partial charge >= 0.3 is 5.97 Å². The van der Waals surface area contributed by atoms with Gasteiger partial charge in [0.25, 0.3) is 0 Å². The Balaban J connectivity index is 1.78. The van der Waals surface area contributed by atoms with Crippen molar-refractivity contribution in [1.82, 2.24) is 4.98 Å². The van der Waals surface area contributed by atoms with Crippen LogP contribution in [0.15, 0.2) is 30.5 Å². The largest absolute Gasteiger partial charge is 0.481 e. The molecule has 1 aromatic rings. The number of amides is 1. The first-order valence-electron chi connectivity index (χ1n) is 6.71. The fourth-order valence-electron chi connectivity index (χ4n) is 3.27. The summed E-state index contributed by atoms with van der Waals surface area (Å²) in [6, 6.07) is 3.59. The molecule has 20 heavy (non-hydrogen) atoms. The predicted octanol–water partition coefficient (Wildman–Crippen LogP) is 1.85. The predicted molar refractivity (Wildman–Crippen MR) is 73.0 cm³/mol. The average molecular weight is 272 g/mol. The van der Waals surface area contributed by atoms with E-state index in [1.165, 1.54) is 0 Å². The summed E-state index contributed by atoms with van der Waals surface area (Å²) in [5.41, 5.74) is 1.01. The molecule has 1 fully saturated rings. The molecule has 2 aliphatic rings. The van der Waals surface area contributed by atoms with Crippen molar-refractivity contribution >= 4 is 17.7 Å². The number of nitrogens with zero attached hydrogens (tertiary/aromatic N) is 1. The van der Waals surface area contributed by atoms with E-state index in [2.05, 4.69) is 10.3 Å². The van der Waals surface area contributed by atoms with Crippen LogP contribution in [0.3, 0.4) is 0 Å². The molecule has 0 aliphatic heterocycles. The van der Waals surface area contributed by atoms with E-state index >= 15 is 0 Å². The molecule has 4 atom stereocenters. The highest BCUT2D eigenvalue weighted by atomic mass is 16.4. The molecule has 1 amide bonds. The number of hydrogen-bond donors (Lipinski definition) is 2. The molecule has 1 aromatic heterocycles. The maximum Gasteiger partial charge on any atom is 0.307 e. The number of hydrogen-bond acceptors (Lipinski definition) is 3. The Bertz CT molecular complexity index is 579. The molecule has 0 radical (unpaired) electrons. The minimum absolute atomic E-state index is 0.0146. The second-order valence-corrected chi connectivity index (χ2v) is 5.55. The number of rotatable bonds is 3. The van der Waals surface area contributed by atoms with Crippen LogP contribution in [0.2, 0.25) is 0 Å². The Morgan fingerprint density at radius 1 is 1.25 bits per heavy atom. The first kappa shape index (κ1) is 12.8. The van der Waals surface area contributed by atoms with Gasteiger partial charge in [0.1, 0.15) is 5.82 Å². The minimum atomic E-state index is -0.890. The summed E-state index contributed by atoms with van der Waals surface area (Å²) in [6.45, 7) is 1.92. The fourth-order valence-corrected chi connectivity index (χ4v) is 3.27. The number of carboxylic acids is 1. The third kappa shape index (κ3) is 2.09. The number of carbonyl (C=O) groups excluding carboxylic acids is 1. The number of allylic oxidation sites excluding steroid dienone is 2. The molecule has 1 saturated carbocycles. The van der Waals surface area contributed by atoms with Crippen molar-refractivity contribution in [2.24, 2.45) is 23.7 Å². The zero-order valence-electron chi connectivity index (χ0n) is 11.1. The van der Waals surface area contributed by atoms with Crippen molar-refractivity contribution in [3.05, 3.63) is 36.0 Å². The van der Waals surface area contributed by atoms with Gasteiger partial charge in [-0.2, -0.15) is 0 Å². The second-order valence-electron chi connectivity index (χ2n) is 5.55.